The first-order valence-electron chi connectivity index (χ1n) is 6.43. The van der Waals surface area contributed by atoms with E-state index in [2.05, 4.69) is 21.4 Å². The van der Waals surface area contributed by atoms with E-state index < -0.39 is 11.8 Å². The van der Waals surface area contributed by atoms with Gasteiger partial charge in [-0.2, -0.15) is 0 Å². The summed E-state index contributed by atoms with van der Waals surface area (Å²) < 4.78 is 0.877. The smallest absolute Gasteiger partial charge is 0.267 e. The van der Waals surface area contributed by atoms with E-state index in [0.717, 1.165) is 10.0 Å². The first-order valence-corrected chi connectivity index (χ1v) is 7.60. The molecule has 2 amide bonds. The Labute approximate surface area is 140 Å². The van der Waals surface area contributed by atoms with E-state index in [1.165, 1.54) is 5.01 Å². The lowest BCUT2D eigenvalue weighted by atomic mass is 10.1. The number of hydrogen-bond donors (Lipinski definition) is 1. The monoisotopic (exact) mass is 376 g/mol. The van der Waals surface area contributed by atoms with Crippen molar-refractivity contribution in [3.63, 3.8) is 0 Å². The second-order valence-corrected chi connectivity index (χ2v) is 6.02. The van der Waals surface area contributed by atoms with Crippen molar-refractivity contribution in [3.05, 3.63) is 69.2 Å². The zero-order valence-electron chi connectivity index (χ0n) is 11.2. The van der Waals surface area contributed by atoms with E-state index in [4.69, 9.17) is 11.6 Å². The van der Waals surface area contributed by atoms with Crippen LogP contribution in [0.4, 0.5) is 5.69 Å². The highest BCUT2D eigenvalue weighted by molar-refractivity contribution is 9.10. The molecule has 1 aliphatic rings. The van der Waals surface area contributed by atoms with E-state index >= 15 is 0 Å². The van der Waals surface area contributed by atoms with Crippen LogP contribution in [0.15, 0.2) is 58.6 Å². The Kier molecular flexibility index (Phi) is 4.00. The summed E-state index contributed by atoms with van der Waals surface area (Å²) in [6.07, 6.45) is 1.57. The van der Waals surface area contributed by atoms with Crippen LogP contribution in [-0.4, -0.2) is 11.8 Å². The zero-order valence-corrected chi connectivity index (χ0v) is 13.6. The number of carbonyl (C=O) groups is 2. The first-order chi connectivity index (χ1) is 10.5. The summed E-state index contributed by atoms with van der Waals surface area (Å²) >= 11 is 9.19. The summed E-state index contributed by atoms with van der Waals surface area (Å²) in [7, 11) is 0. The summed E-state index contributed by atoms with van der Waals surface area (Å²) in [6.45, 7) is 0. The minimum Gasteiger partial charge on any atom is -0.267 e. The molecule has 1 saturated heterocycles. The van der Waals surface area contributed by atoms with Crippen molar-refractivity contribution >= 4 is 51.1 Å². The van der Waals surface area contributed by atoms with E-state index in [1.54, 1.807) is 30.3 Å². The molecule has 6 heteroatoms. The van der Waals surface area contributed by atoms with Gasteiger partial charge in [0.1, 0.15) is 5.57 Å². The van der Waals surface area contributed by atoms with Crippen LogP contribution in [0.1, 0.15) is 5.56 Å². The maximum Gasteiger partial charge on any atom is 0.282 e. The lowest BCUT2D eigenvalue weighted by Crippen LogP contribution is -2.35. The Balaban J connectivity index is 1.93. The topological polar surface area (TPSA) is 49.4 Å². The summed E-state index contributed by atoms with van der Waals surface area (Å²) in [5, 5.41) is 1.77. The maximum atomic E-state index is 12.4. The zero-order chi connectivity index (χ0) is 15.7. The minimum absolute atomic E-state index is 0.0908. The molecule has 22 heavy (non-hydrogen) atoms. The van der Waals surface area contributed by atoms with Crippen LogP contribution in [0.3, 0.4) is 0 Å². The SMILES string of the molecule is O=C1NN(c2ccc(Cl)cc2)C(=O)/C1=C\c1cccc(Br)c1. The molecule has 0 radical (unpaired) electrons. The van der Waals surface area contributed by atoms with Crippen LogP contribution in [0.5, 0.6) is 0 Å². The van der Waals surface area contributed by atoms with Crippen LogP contribution in [0.25, 0.3) is 6.08 Å². The second kappa shape index (κ2) is 5.94. The molecule has 1 fully saturated rings. The van der Waals surface area contributed by atoms with Gasteiger partial charge >= 0.3 is 0 Å². The van der Waals surface area contributed by atoms with Gasteiger partial charge in [0.2, 0.25) is 0 Å². The Morgan fingerprint density at radius 3 is 2.50 bits per heavy atom. The predicted octanol–water partition coefficient (Wildman–Crippen LogP) is 3.56. The van der Waals surface area contributed by atoms with Crippen molar-refractivity contribution in [1.29, 1.82) is 0 Å². The molecule has 0 aliphatic carbocycles. The lowest BCUT2D eigenvalue weighted by Gasteiger charge is -2.14. The summed E-state index contributed by atoms with van der Waals surface area (Å²) in [5.41, 5.74) is 3.96. The summed E-state index contributed by atoms with van der Waals surface area (Å²) in [6, 6.07) is 14.0. The van der Waals surface area contributed by atoms with Crippen LogP contribution in [-0.2, 0) is 9.59 Å². The molecule has 0 unspecified atom stereocenters. The van der Waals surface area contributed by atoms with Gasteiger partial charge in [0.25, 0.3) is 11.8 Å². The van der Waals surface area contributed by atoms with Gasteiger partial charge in [-0.25, -0.2) is 5.01 Å². The highest BCUT2D eigenvalue weighted by Gasteiger charge is 2.34. The molecule has 0 spiro atoms. The van der Waals surface area contributed by atoms with Gasteiger partial charge in [0.05, 0.1) is 5.69 Å². The molecule has 110 valence electrons. The molecule has 1 aliphatic heterocycles. The van der Waals surface area contributed by atoms with Crippen LogP contribution < -0.4 is 10.4 Å². The molecule has 2 aromatic carbocycles. The largest absolute Gasteiger partial charge is 0.282 e. The highest BCUT2D eigenvalue weighted by atomic mass is 79.9. The van der Waals surface area contributed by atoms with E-state index in [0.29, 0.717) is 10.7 Å². The quantitative estimate of drug-likeness (QED) is 0.642. The number of rotatable bonds is 2. The molecule has 1 N–H and O–H groups in total. The van der Waals surface area contributed by atoms with E-state index in [-0.39, 0.29) is 5.57 Å². The van der Waals surface area contributed by atoms with Gasteiger partial charge in [-0.3, -0.25) is 15.0 Å². The number of nitrogens with one attached hydrogen (secondary N) is 1. The average Bonchev–Trinajstić information content (AvgIpc) is 2.76. The fraction of sp³-hybridized carbons (Fsp3) is 0. The molecule has 0 saturated carbocycles. The fourth-order valence-electron chi connectivity index (χ4n) is 2.09. The summed E-state index contributed by atoms with van der Waals surface area (Å²) in [5.74, 6) is -0.827. The van der Waals surface area contributed by atoms with Gasteiger partial charge in [0, 0.05) is 9.50 Å². The minimum atomic E-state index is -0.431. The second-order valence-electron chi connectivity index (χ2n) is 4.67. The number of anilines is 1. The van der Waals surface area contributed by atoms with Gasteiger partial charge < -0.3 is 0 Å². The molecule has 1 heterocycles. The van der Waals surface area contributed by atoms with Crippen LogP contribution >= 0.6 is 27.5 Å². The van der Waals surface area contributed by atoms with Gasteiger partial charge in [-0.05, 0) is 48.0 Å². The number of carbonyl (C=O) groups excluding carboxylic acids is 2. The molecule has 0 aromatic heterocycles. The molecular formula is C16H10BrClN2O2. The molecular weight excluding hydrogens is 368 g/mol. The Morgan fingerprint density at radius 1 is 1.09 bits per heavy atom. The highest BCUT2D eigenvalue weighted by Crippen LogP contribution is 2.23. The van der Waals surface area contributed by atoms with E-state index in [9.17, 15) is 9.59 Å². The van der Waals surface area contributed by atoms with Crippen molar-refractivity contribution in [3.8, 4) is 0 Å². The van der Waals surface area contributed by atoms with Crippen molar-refractivity contribution < 1.29 is 9.59 Å². The van der Waals surface area contributed by atoms with Gasteiger partial charge in [-0.15, -0.1) is 0 Å². The normalized spacial score (nSPS) is 16.3. The molecule has 2 aromatic rings. The van der Waals surface area contributed by atoms with Crippen molar-refractivity contribution in [1.82, 2.24) is 5.43 Å². The Morgan fingerprint density at radius 2 is 1.82 bits per heavy atom. The van der Waals surface area contributed by atoms with Gasteiger partial charge in [0.15, 0.2) is 0 Å². The van der Waals surface area contributed by atoms with E-state index in [1.807, 2.05) is 24.3 Å². The lowest BCUT2D eigenvalue weighted by molar-refractivity contribution is -0.117. The van der Waals surface area contributed by atoms with Crippen molar-refractivity contribution in [2.24, 2.45) is 0 Å². The molecule has 0 bridgehead atoms. The number of hydrazine groups is 1. The molecule has 3 rings (SSSR count). The number of amides is 2. The van der Waals surface area contributed by atoms with Gasteiger partial charge in [-0.1, -0.05) is 39.7 Å². The number of hydrogen-bond acceptors (Lipinski definition) is 2. The average molecular weight is 378 g/mol. The summed E-state index contributed by atoms with van der Waals surface area (Å²) in [4.78, 5) is 24.5. The third kappa shape index (κ3) is 2.91. The Bertz CT molecular complexity index is 787. The Hall–Kier alpha value is -2.11. The maximum absolute atomic E-state index is 12.4. The van der Waals surface area contributed by atoms with Crippen LogP contribution in [0.2, 0.25) is 5.02 Å². The fourth-order valence-corrected chi connectivity index (χ4v) is 2.64. The van der Waals surface area contributed by atoms with Crippen molar-refractivity contribution in [2.45, 2.75) is 0 Å². The van der Waals surface area contributed by atoms with Crippen LogP contribution in [0, 0.1) is 0 Å². The molecule has 0 atom stereocenters. The number of nitrogens with zero attached hydrogens (tertiary/aromatic N) is 1. The number of halogens is 2. The third-order valence-electron chi connectivity index (χ3n) is 3.14. The number of benzene rings is 2. The third-order valence-corrected chi connectivity index (χ3v) is 3.88. The molecule has 4 nitrogen and oxygen atoms in total. The predicted molar refractivity (Wildman–Crippen MR) is 89.2 cm³/mol. The standard InChI is InChI=1S/C16H10BrClN2O2/c17-11-3-1-2-10(8-11)9-14-15(21)19-20(16(14)22)13-6-4-12(18)5-7-13/h1-9H,(H,19,21)/b14-9-. The van der Waals surface area contributed by atoms with Crippen molar-refractivity contribution in [2.75, 3.05) is 5.01 Å². The first kappa shape index (κ1) is 14.8.